The number of aromatic hydroxyl groups is 1. The molecular formula is C13H22N2O3. The molecule has 0 saturated heterocycles. The zero-order chi connectivity index (χ0) is 13.7. The van der Waals surface area contributed by atoms with Gasteiger partial charge in [0.05, 0.1) is 12.3 Å². The van der Waals surface area contributed by atoms with Crippen LogP contribution in [0.15, 0.2) is 10.9 Å². The van der Waals surface area contributed by atoms with Gasteiger partial charge in [0.15, 0.2) is 5.75 Å². The molecule has 0 saturated carbocycles. The second-order valence-electron chi connectivity index (χ2n) is 4.28. The van der Waals surface area contributed by atoms with E-state index in [1.807, 2.05) is 30.2 Å². The molecule has 0 radical (unpaired) electrons. The first-order valence-corrected chi connectivity index (χ1v) is 6.30. The quantitative estimate of drug-likeness (QED) is 0.784. The van der Waals surface area contributed by atoms with E-state index in [0.717, 1.165) is 12.2 Å². The lowest BCUT2D eigenvalue weighted by Crippen LogP contribution is -2.29. The van der Waals surface area contributed by atoms with Crippen molar-refractivity contribution in [3.63, 3.8) is 0 Å². The highest BCUT2D eigenvalue weighted by Crippen LogP contribution is 2.16. The molecule has 1 rings (SSSR count). The lowest BCUT2D eigenvalue weighted by atomic mass is 10.2. The van der Waals surface area contributed by atoms with Crippen LogP contribution < -0.4 is 5.43 Å². The topological polar surface area (TPSA) is 65.7 Å². The third-order valence-electron chi connectivity index (χ3n) is 3.15. The summed E-state index contributed by atoms with van der Waals surface area (Å²) in [5.41, 5.74) is 1.13. The predicted molar refractivity (Wildman–Crippen MR) is 70.8 cm³/mol. The summed E-state index contributed by atoms with van der Waals surface area (Å²) in [7, 11) is 0. The van der Waals surface area contributed by atoms with Gasteiger partial charge in [-0.15, -0.1) is 0 Å². The maximum Gasteiger partial charge on any atom is 0.223 e. The largest absolute Gasteiger partial charge is 0.503 e. The molecule has 0 unspecified atom stereocenters. The van der Waals surface area contributed by atoms with Crippen LogP contribution >= 0.6 is 0 Å². The maximum atomic E-state index is 11.6. The molecule has 0 bridgehead atoms. The fraction of sp³-hybridized carbons (Fsp3) is 0.615. The first-order chi connectivity index (χ1) is 8.54. The van der Waals surface area contributed by atoms with Crippen molar-refractivity contribution in [2.24, 2.45) is 0 Å². The van der Waals surface area contributed by atoms with Crippen molar-refractivity contribution in [2.45, 2.75) is 33.9 Å². The van der Waals surface area contributed by atoms with Crippen molar-refractivity contribution >= 4 is 0 Å². The van der Waals surface area contributed by atoms with Gasteiger partial charge in [0.2, 0.25) is 5.43 Å². The maximum absolute atomic E-state index is 11.6. The summed E-state index contributed by atoms with van der Waals surface area (Å²) in [5, 5.41) is 18.9. The normalized spacial score (nSPS) is 11.2. The third kappa shape index (κ3) is 3.11. The average molecular weight is 254 g/mol. The van der Waals surface area contributed by atoms with Crippen molar-refractivity contribution in [3.05, 3.63) is 27.7 Å². The van der Waals surface area contributed by atoms with Crippen LogP contribution in [0.25, 0.3) is 0 Å². The van der Waals surface area contributed by atoms with Gasteiger partial charge in [-0.25, -0.2) is 0 Å². The summed E-state index contributed by atoms with van der Waals surface area (Å²) in [6.45, 7) is 8.33. The molecular weight excluding hydrogens is 232 g/mol. The summed E-state index contributed by atoms with van der Waals surface area (Å²) in [6.07, 6.45) is 0. The van der Waals surface area contributed by atoms with E-state index < -0.39 is 0 Å². The molecule has 5 heteroatoms. The number of aliphatic hydroxyl groups is 1. The molecule has 0 spiro atoms. The van der Waals surface area contributed by atoms with Crippen LogP contribution in [0.3, 0.4) is 0 Å². The number of aliphatic hydroxyl groups excluding tert-OH is 1. The Balaban J connectivity index is 3.17. The van der Waals surface area contributed by atoms with Crippen LogP contribution in [-0.4, -0.2) is 39.4 Å². The van der Waals surface area contributed by atoms with E-state index in [2.05, 4.69) is 0 Å². The Kier molecular flexibility index (Phi) is 5.37. The lowest BCUT2D eigenvalue weighted by Gasteiger charge is -2.23. The third-order valence-corrected chi connectivity index (χ3v) is 3.15. The Morgan fingerprint density at radius 2 is 2.06 bits per heavy atom. The van der Waals surface area contributed by atoms with Gasteiger partial charge >= 0.3 is 0 Å². The molecule has 1 aromatic rings. The Bertz CT molecular complexity index is 454. The van der Waals surface area contributed by atoms with Crippen LogP contribution in [0.2, 0.25) is 0 Å². The molecule has 0 aromatic carbocycles. The number of aromatic nitrogens is 1. The molecule has 18 heavy (non-hydrogen) atoms. The Morgan fingerprint density at radius 1 is 1.39 bits per heavy atom. The smallest absolute Gasteiger partial charge is 0.223 e. The molecule has 1 heterocycles. The van der Waals surface area contributed by atoms with Crippen LogP contribution in [0.4, 0.5) is 0 Å². The summed E-state index contributed by atoms with van der Waals surface area (Å²) >= 11 is 0. The molecule has 0 amide bonds. The van der Waals surface area contributed by atoms with Crippen molar-refractivity contribution in [3.8, 4) is 5.75 Å². The zero-order valence-corrected chi connectivity index (χ0v) is 11.3. The number of nitrogens with zero attached hydrogens (tertiary/aromatic N) is 2. The van der Waals surface area contributed by atoms with Crippen LogP contribution in [0, 0.1) is 6.92 Å². The van der Waals surface area contributed by atoms with Crippen molar-refractivity contribution in [1.29, 1.82) is 0 Å². The second-order valence-corrected chi connectivity index (χ2v) is 4.28. The fourth-order valence-electron chi connectivity index (χ4n) is 2.12. The monoisotopic (exact) mass is 254 g/mol. The van der Waals surface area contributed by atoms with Crippen LogP contribution in [0.1, 0.15) is 25.2 Å². The summed E-state index contributed by atoms with van der Waals surface area (Å²) < 4.78 is 1.93. The molecule has 1 aromatic heterocycles. The minimum atomic E-state index is -0.341. The van der Waals surface area contributed by atoms with Gasteiger partial charge in [-0.1, -0.05) is 6.92 Å². The molecule has 0 aliphatic heterocycles. The number of likely N-dealkylation sites (N-methyl/N-ethyl adjacent to an activating group) is 1. The molecule has 0 fully saturated rings. The first kappa shape index (κ1) is 14.7. The van der Waals surface area contributed by atoms with E-state index in [9.17, 15) is 9.90 Å². The van der Waals surface area contributed by atoms with Crippen molar-refractivity contribution in [1.82, 2.24) is 9.47 Å². The van der Waals surface area contributed by atoms with E-state index in [1.165, 1.54) is 6.07 Å². The van der Waals surface area contributed by atoms with Gasteiger partial charge < -0.3 is 14.8 Å². The highest BCUT2D eigenvalue weighted by Gasteiger charge is 2.14. The first-order valence-electron chi connectivity index (χ1n) is 6.30. The highest BCUT2D eigenvalue weighted by atomic mass is 16.3. The van der Waals surface area contributed by atoms with E-state index in [1.54, 1.807) is 0 Å². The molecule has 0 aliphatic rings. The van der Waals surface area contributed by atoms with Crippen molar-refractivity contribution in [2.75, 3.05) is 19.7 Å². The van der Waals surface area contributed by atoms with Gasteiger partial charge in [0.1, 0.15) is 0 Å². The minimum Gasteiger partial charge on any atom is -0.503 e. The number of rotatable bonds is 6. The molecule has 102 valence electrons. The Morgan fingerprint density at radius 3 is 2.56 bits per heavy atom. The predicted octanol–water partition coefficient (Wildman–Crippen LogP) is 0.696. The molecule has 0 atom stereocenters. The van der Waals surface area contributed by atoms with Gasteiger partial charge in [0.25, 0.3) is 0 Å². The molecule has 0 aliphatic carbocycles. The van der Waals surface area contributed by atoms with E-state index in [4.69, 9.17) is 5.11 Å². The van der Waals surface area contributed by atoms with E-state index in [-0.39, 0.29) is 17.8 Å². The summed E-state index contributed by atoms with van der Waals surface area (Å²) in [6, 6.07) is 1.45. The van der Waals surface area contributed by atoms with E-state index in [0.29, 0.717) is 25.3 Å². The Labute approximate surface area is 107 Å². The molecule has 2 N–H and O–H groups in total. The SMILES string of the molecule is CCN(CCO)Cc1c(O)c(=O)cc(C)n1CC. The second kappa shape index (κ2) is 6.56. The van der Waals surface area contributed by atoms with Gasteiger partial charge in [-0.3, -0.25) is 9.69 Å². The average Bonchev–Trinajstić information content (AvgIpc) is 2.35. The van der Waals surface area contributed by atoms with Crippen LogP contribution in [0.5, 0.6) is 5.75 Å². The minimum absolute atomic E-state index is 0.0662. The zero-order valence-electron chi connectivity index (χ0n) is 11.3. The van der Waals surface area contributed by atoms with Crippen molar-refractivity contribution < 1.29 is 10.2 Å². The number of pyridine rings is 1. The lowest BCUT2D eigenvalue weighted by molar-refractivity contribution is 0.191. The standard InChI is InChI=1S/C13H22N2O3/c1-4-14(6-7-16)9-11-13(18)12(17)8-10(3)15(11)5-2/h8,16,18H,4-7,9H2,1-3H3. The number of hydrogen-bond acceptors (Lipinski definition) is 4. The number of hydrogen-bond donors (Lipinski definition) is 2. The van der Waals surface area contributed by atoms with Gasteiger partial charge in [-0.05, 0) is 20.4 Å². The highest BCUT2D eigenvalue weighted by molar-refractivity contribution is 5.29. The number of aryl methyl sites for hydroxylation is 1. The summed E-state index contributed by atoms with van der Waals surface area (Å²) in [4.78, 5) is 13.6. The molecule has 5 nitrogen and oxygen atoms in total. The van der Waals surface area contributed by atoms with Crippen LogP contribution in [-0.2, 0) is 13.1 Å². The fourth-order valence-corrected chi connectivity index (χ4v) is 2.12. The van der Waals surface area contributed by atoms with E-state index >= 15 is 0 Å². The summed E-state index contributed by atoms with van der Waals surface area (Å²) in [5.74, 6) is -0.182. The Hall–Kier alpha value is -1.33. The van der Waals surface area contributed by atoms with Gasteiger partial charge in [-0.2, -0.15) is 0 Å². The van der Waals surface area contributed by atoms with Gasteiger partial charge in [0, 0.05) is 31.4 Å².